The Kier molecular flexibility index (Phi) is 4.00. The highest BCUT2D eigenvalue weighted by Gasteiger charge is 2.49. The van der Waals surface area contributed by atoms with E-state index < -0.39 is 15.6 Å². The lowest BCUT2D eigenvalue weighted by Crippen LogP contribution is -2.24. The van der Waals surface area contributed by atoms with Crippen LogP contribution in [0, 0.1) is 6.92 Å². The lowest BCUT2D eigenvalue weighted by Gasteiger charge is -2.05. The van der Waals surface area contributed by atoms with E-state index in [2.05, 4.69) is 9.44 Å². The Balaban J connectivity index is 2.89. The van der Waals surface area contributed by atoms with Crippen molar-refractivity contribution in [2.75, 3.05) is 0 Å². The molecular weight excluding hydrogens is 271 g/mol. The molecule has 0 aromatic heterocycles. The monoisotopic (exact) mass is 281 g/mol. The quantitative estimate of drug-likeness (QED) is 0.486. The van der Waals surface area contributed by atoms with E-state index in [1.807, 2.05) is 6.92 Å². The fourth-order valence-electron chi connectivity index (χ4n) is 0.995. The zero-order chi connectivity index (χ0) is 14.0. The molecule has 0 saturated heterocycles. The maximum Gasteiger partial charge on any atom is 0.536 e. The van der Waals surface area contributed by atoms with Crippen molar-refractivity contribution in [1.29, 1.82) is 0 Å². The molecule has 1 aromatic carbocycles. The minimum Gasteiger partial charge on any atom is -0.262 e. The van der Waals surface area contributed by atoms with Crippen LogP contribution in [-0.2, 0) is 14.4 Å². The van der Waals surface area contributed by atoms with Crippen molar-refractivity contribution in [3.05, 3.63) is 35.4 Å². The summed E-state index contributed by atoms with van der Waals surface area (Å²) in [5, 5.41) is 2.97. The van der Waals surface area contributed by atoms with Gasteiger partial charge in [0.2, 0.25) is 0 Å². The van der Waals surface area contributed by atoms with Crippen molar-refractivity contribution in [3.63, 3.8) is 0 Å². The predicted molar refractivity (Wildman–Crippen MR) is 59.4 cm³/mol. The second-order valence-corrected chi connectivity index (χ2v) is 5.04. The third-order valence-electron chi connectivity index (χ3n) is 2.03. The summed E-state index contributed by atoms with van der Waals surface area (Å²) in [5.74, 6) is 0. The van der Waals surface area contributed by atoms with E-state index in [9.17, 15) is 21.6 Å². The maximum absolute atomic E-state index is 12.0. The molecule has 0 saturated carbocycles. The van der Waals surface area contributed by atoms with Crippen LogP contribution in [0.25, 0.3) is 0 Å². The Hall–Kier alpha value is -1.57. The smallest absolute Gasteiger partial charge is 0.262 e. The van der Waals surface area contributed by atoms with Gasteiger partial charge in [-0.3, -0.25) is 4.28 Å². The van der Waals surface area contributed by atoms with Crippen molar-refractivity contribution in [1.82, 2.24) is 0 Å². The van der Waals surface area contributed by atoms with Gasteiger partial charge in [0.15, 0.2) is 0 Å². The summed E-state index contributed by atoms with van der Waals surface area (Å²) in [6, 6.07) is 6.62. The van der Waals surface area contributed by atoms with Crippen LogP contribution < -0.4 is 0 Å². The topological polar surface area (TPSA) is 55.7 Å². The summed E-state index contributed by atoms with van der Waals surface area (Å²) >= 11 is 0. The van der Waals surface area contributed by atoms with Crippen LogP contribution in [0.2, 0.25) is 0 Å². The van der Waals surface area contributed by atoms with Gasteiger partial charge in [0, 0.05) is 0 Å². The van der Waals surface area contributed by atoms with E-state index in [1.165, 1.54) is 6.92 Å². The third kappa shape index (κ3) is 3.46. The molecule has 0 spiro atoms. The van der Waals surface area contributed by atoms with Gasteiger partial charge in [-0.15, -0.1) is 0 Å². The minimum atomic E-state index is -5.70. The molecule has 0 radical (unpaired) electrons. The van der Waals surface area contributed by atoms with E-state index in [-0.39, 0.29) is 5.71 Å². The summed E-state index contributed by atoms with van der Waals surface area (Å²) < 4.78 is 60.6. The largest absolute Gasteiger partial charge is 0.536 e. The Labute approximate surface area is 102 Å². The first-order valence-electron chi connectivity index (χ1n) is 4.75. The summed E-state index contributed by atoms with van der Waals surface area (Å²) in [4.78, 5) is 0. The molecule has 0 bridgehead atoms. The minimum absolute atomic E-state index is 0.0304. The number of benzene rings is 1. The van der Waals surface area contributed by atoms with Crippen LogP contribution in [0.1, 0.15) is 18.1 Å². The van der Waals surface area contributed by atoms with Crippen molar-refractivity contribution in [3.8, 4) is 0 Å². The first kappa shape index (κ1) is 14.5. The van der Waals surface area contributed by atoms with Gasteiger partial charge in [0.25, 0.3) is 0 Å². The molecule has 18 heavy (non-hydrogen) atoms. The number of rotatable bonds is 3. The molecule has 0 aliphatic heterocycles. The molecule has 0 fully saturated rings. The normalized spacial score (nSPS) is 13.5. The Morgan fingerprint density at radius 1 is 1.22 bits per heavy atom. The molecule has 0 atom stereocenters. The average Bonchev–Trinajstić information content (AvgIpc) is 2.25. The zero-order valence-corrected chi connectivity index (χ0v) is 10.3. The molecule has 0 aliphatic rings. The predicted octanol–water partition coefficient (Wildman–Crippen LogP) is 2.59. The van der Waals surface area contributed by atoms with E-state index in [4.69, 9.17) is 0 Å². The number of alkyl halides is 3. The molecule has 100 valence electrons. The Bertz CT molecular complexity index is 547. The van der Waals surface area contributed by atoms with E-state index in [1.54, 1.807) is 24.3 Å². The molecule has 0 aliphatic carbocycles. The highest BCUT2D eigenvalue weighted by molar-refractivity contribution is 7.87. The molecule has 1 aromatic rings. The standard InChI is InChI=1S/C10H10F3NO3S/c1-7-3-5-9(6-4-7)8(2)14-17-18(15,16)10(11,12)13/h3-6H,1-2H3/b14-8+. The Morgan fingerprint density at radius 3 is 2.17 bits per heavy atom. The first-order chi connectivity index (χ1) is 8.13. The number of hydrogen-bond acceptors (Lipinski definition) is 4. The van der Waals surface area contributed by atoms with Crippen LogP contribution in [0.4, 0.5) is 13.2 Å². The maximum atomic E-state index is 12.0. The van der Waals surface area contributed by atoms with Crippen LogP contribution in [0.15, 0.2) is 29.4 Å². The highest BCUT2D eigenvalue weighted by Crippen LogP contribution is 2.24. The average molecular weight is 281 g/mol. The fraction of sp³-hybridized carbons (Fsp3) is 0.300. The number of oxime groups is 1. The zero-order valence-electron chi connectivity index (χ0n) is 9.52. The number of aryl methyl sites for hydroxylation is 1. The van der Waals surface area contributed by atoms with Gasteiger partial charge < -0.3 is 0 Å². The molecule has 0 heterocycles. The number of nitrogens with zero attached hydrogens (tertiary/aromatic N) is 1. The molecule has 0 amide bonds. The lowest BCUT2D eigenvalue weighted by atomic mass is 10.1. The molecule has 0 unspecified atom stereocenters. The van der Waals surface area contributed by atoms with Gasteiger partial charge in [-0.05, 0) is 19.4 Å². The third-order valence-corrected chi connectivity index (χ3v) is 2.86. The molecule has 0 N–H and O–H groups in total. The fourth-order valence-corrected chi connectivity index (χ4v) is 1.29. The van der Waals surface area contributed by atoms with E-state index in [0.29, 0.717) is 5.56 Å². The summed E-state index contributed by atoms with van der Waals surface area (Å²) in [6.45, 7) is 3.18. The van der Waals surface area contributed by atoms with Crippen molar-refractivity contribution >= 4 is 15.8 Å². The van der Waals surface area contributed by atoms with Crippen LogP contribution in [0.5, 0.6) is 0 Å². The van der Waals surface area contributed by atoms with Crippen molar-refractivity contribution < 1.29 is 25.9 Å². The molecular formula is C10H10F3NO3S. The van der Waals surface area contributed by atoms with Crippen LogP contribution in [-0.4, -0.2) is 19.6 Å². The second-order valence-electron chi connectivity index (χ2n) is 3.52. The van der Waals surface area contributed by atoms with Gasteiger partial charge in [-0.2, -0.15) is 21.6 Å². The van der Waals surface area contributed by atoms with E-state index in [0.717, 1.165) is 5.56 Å². The van der Waals surface area contributed by atoms with Gasteiger partial charge in [-0.25, -0.2) is 0 Å². The number of hydrogen-bond donors (Lipinski definition) is 0. The van der Waals surface area contributed by atoms with Gasteiger partial charge in [0.05, 0.1) is 5.71 Å². The van der Waals surface area contributed by atoms with Gasteiger partial charge >= 0.3 is 15.6 Å². The van der Waals surface area contributed by atoms with Gasteiger partial charge in [0.1, 0.15) is 0 Å². The number of halogens is 3. The van der Waals surface area contributed by atoms with Gasteiger partial charge in [-0.1, -0.05) is 35.0 Å². The summed E-state index contributed by atoms with van der Waals surface area (Å²) in [6.07, 6.45) is 0. The molecule has 8 heteroatoms. The molecule has 4 nitrogen and oxygen atoms in total. The van der Waals surface area contributed by atoms with Crippen LogP contribution in [0.3, 0.4) is 0 Å². The van der Waals surface area contributed by atoms with Crippen molar-refractivity contribution in [2.24, 2.45) is 5.16 Å². The SMILES string of the molecule is C/C(=N\OS(=O)(=O)C(F)(F)F)c1ccc(C)cc1. The first-order valence-corrected chi connectivity index (χ1v) is 6.16. The van der Waals surface area contributed by atoms with Crippen LogP contribution >= 0.6 is 0 Å². The van der Waals surface area contributed by atoms with E-state index >= 15 is 0 Å². The molecule has 1 rings (SSSR count). The second kappa shape index (κ2) is 4.97. The van der Waals surface area contributed by atoms with Crippen molar-refractivity contribution in [2.45, 2.75) is 19.4 Å². The highest BCUT2D eigenvalue weighted by atomic mass is 32.2. The summed E-state index contributed by atoms with van der Waals surface area (Å²) in [5.41, 5.74) is -4.03. The summed E-state index contributed by atoms with van der Waals surface area (Å²) in [7, 11) is -5.70. The lowest BCUT2D eigenvalue weighted by molar-refractivity contribution is -0.0540. The Morgan fingerprint density at radius 2 is 1.72 bits per heavy atom.